The molecule has 2 aromatic carbocycles. The summed E-state index contributed by atoms with van der Waals surface area (Å²) in [7, 11) is 1.63. The molecular formula is C25H29N3O4. The number of methoxy groups -OCH3 is 1. The zero-order valence-corrected chi connectivity index (χ0v) is 18.2. The van der Waals surface area contributed by atoms with Crippen LogP contribution in [0.1, 0.15) is 29.9 Å². The number of benzene rings is 2. The number of aliphatic hydroxyl groups is 1. The van der Waals surface area contributed by atoms with Gasteiger partial charge in [0, 0.05) is 49.3 Å². The highest BCUT2D eigenvalue weighted by Gasteiger charge is 2.28. The molecule has 1 fully saturated rings. The van der Waals surface area contributed by atoms with Crippen LogP contribution in [0.3, 0.4) is 0 Å². The molecule has 1 unspecified atom stereocenters. The summed E-state index contributed by atoms with van der Waals surface area (Å²) in [5.74, 6) is -0.256. The van der Waals surface area contributed by atoms with Crippen molar-refractivity contribution in [1.82, 2.24) is 15.2 Å². The first-order valence-corrected chi connectivity index (χ1v) is 11.0. The second-order valence-corrected chi connectivity index (χ2v) is 8.24. The number of aromatic nitrogens is 1. The third-order valence-corrected chi connectivity index (χ3v) is 6.34. The topological polar surface area (TPSA) is 94.7 Å². The van der Waals surface area contributed by atoms with Crippen molar-refractivity contribution in [2.24, 2.45) is 5.92 Å². The van der Waals surface area contributed by atoms with E-state index in [-0.39, 0.29) is 18.4 Å². The lowest BCUT2D eigenvalue weighted by Gasteiger charge is -2.30. The summed E-state index contributed by atoms with van der Waals surface area (Å²) >= 11 is 0. The molecule has 0 aliphatic carbocycles. The number of rotatable bonds is 6. The minimum atomic E-state index is -0.592. The van der Waals surface area contributed by atoms with Gasteiger partial charge in [-0.2, -0.15) is 0 Å². The number of amides is 2. The summed E-state index contributed by atoms with van der Waals surface area (Å²) in [6.45, 7) is 1.43. The second kappa shape index (κ2) is 9.87. The number of H-pyrrole nitrogens is 1. The van der Waals surface area contributed by atoms with E-state index in [4.69, 9.17) is 4.74 Å². The van der Waals surface area contributed by atoms with Gasteiger partial charge in [0.25, 0.3) is 0 Å². The SMILES string of the molecule is COc1ccc(C(CNC(=O)C(=O)N2CCC(CO)CC2)c2c[nH]c3ccccc23)cc1. The summed E-state index contributed by atoms with van der Waals surface area (Å²) in [6.07, 6.45) is 3.41. The average molecular weight is 436 g/mol. The van der Waals surface area contributed by atoms with E-state index >= 15 is 0 Å². The number of likely N-dealkylation sites (tertiary alicyclic amines) is 1. The third kappa shape index (κ3) is 4.62. The Morgan fingerprint density at radius 2 is 1.88 bits per heavy atom. The van der Waals surface area contributed by atoms with Crippen molar-refractivity contribution in [3.63, 3.8) is 0 Å². The van der Waals surface area contributed by atoms with Crippen LogP contribution in [0.2, 0.25) is 0 Å². The normalized spacial score (nSPS) is 15.5. The number of fused-ring (bicyclic) bond motifs is 1. The van der Waals surface area contributed by atoms with Gasteiger partial charge < -0.3 is 25.0 Å². The zero-order valence-electron chi connectivity index (χ0n) is 18.2. The summed E-state index contributed by atoms with van der Waals surface area (Å²) in [6, 6.07) is 15.8. The van der Waals surface area contributed by atoms with E-state index in [9.17, 15) is 14.7 Å². The lowest BCUT2D eigenvalue weighted by atomic mass is 9.90. The van der Waals surface area contributed by atoms with Crippen molar-refractivity contribution >= 4 is 22.7 Å². The number of aliphatic hydroxyl groups excluding tert-OH is 1. The van der Waals surface area contributed by atoms with E-state index in [0.29, 0.717) is 19.6 Å². The number of carbonyl (C=O) groups is 2. The van der Waals surface area contributed by atoms with Crippen molar-refractivity contribution in [3.8, 4) is 5.75 Å². The second-order valence-electron chi connectivity index (χ2n) is 8.24. The minimum Gasteiger partial charge on any atom is -0.497 e. The van der Waals surface area contributed by atoms with E-state index in [0.717, 1.165) is 40.6 Å². The van der Waals surface area contributed by atoms with Gasteiger partial charge in [0.2, 0.25) is 0 Å². The molecule has 1 aromatic heterocycles. The zero-order chi connectivity index (χ0) is 22.5. The highest BCUT2D eigenvalue weighted by molar-refractivity contribution is 6.35. The van der Waals surface area contributed by atoms with Crippen LogP contribution in [-0.2, 0) is 9.59 Å². The van der Waals surface area contributed by atoms with Gasteiger partial charge in [-0.15, -0.1) is 0 Å². The van der Waals surface area contributed by atoms with Gasteiger partial charge in [-0.3, -0.25) is 9.59 Å². The Bertz CT molecular complexity index is 1070. The first-order valence-electron chi connectivity index (χ1n) is 11.0. The minimum absolute atomic E-state index is 0.127. The first kappa shape index (κ1) is 21.9. The number of nitrogens with zero attached hydrogens (tertiary/aromatic N) is 1. The van der Waals surface area contributed by atoms with Crippen LogP contribution in [-0.4, -0.2) is 60.2 Å². The van der Waals surface area contributed by atoms with Crippen LogP contribution in [0.15, 0.2) is 54.7 Å². The van der Waals surface area contributed by atoms with Crippen LogP contribution < -0.4 is 10.1 Å². The van der Waals surface area contributed by atoms with Crippen LogP contribution in [0, 0.1) is 5.92 Å². The van der Waals surface area contributed by atoms with Gasteiger partial charge in [0.1, 0.15) is 5.75 Å². The molecule has 0 bridgehead atoms. The summed E-state index contributed by atoms with van der Waals surface area (Å²) in [5, 5.41) is 13.2. The molecule has 32 heavy (non-hydrogen) atoms. The molecule has 1 aliphatic rings. The highest BCUT2D eigenvalue weighted by Crippen LogP contribution is 2.31. The van der Waals surface area contributed by atoms with Gasteiger partial charge in [-0.1, -0.05) is 30.3 Å². The van der Waals surface area contributed by atoms with Crippen LogP contribution in [0.25, 0.3) is 10.9 Å². The van der Waals surface area contributed by atoms with Crippen molar-refractivity contribution in [3.05, 3.63) is 65.9 Å². The van der Waals surface area contributed by atoms with Gasteiger partial charge in [0.15, 0.2) is 0 Å². The fraction of sp³-hybridized carbons (Fsp3) is 0.360. The summed E-state index contributed by atoms with van der Waals surface area (Å²) in [5.41, 5.74) is 3.10. The number of piperidine rings is 1. The molecule has 7 nitrogen and oxygen atoms in total. The number of para-hydroxylation sites is 1. The highest BCUT2D eigenvalue weighted by atomic mass is 16.5. The number of hydrogen-bond donors (Lipinski definition) is 3. The number of aromatic amines is 1. The fourth-order valence-electron chi connectivity index (χ4n) is 4.36. The standard InChI is InChI=1S/C25H29N3O4/c1-32-19-8-6-18(7-9-19)21(22-15-26-23-5-3-2-4-20(22)23)14-27-24(30)25(31)28-12-10-17(16-29)11-13-28/h2-9,15,17,21,26,29H,10-14,16H2,1H3,(H,27,30). The largest absolute Gasteiger partial charge is 0.497 e. The molecular weight excluding hydrogens is 406 g/mol. The van der Waals surface area contributed by atoms with E-state index < -0.39 is 11.8 Å². The number of nitrogens with one attached hydrogen (secondary N) is 2. The Morgan fingerprint density at radius 1 is 1.16 bits per heavy atom. The van der Waals surface area contributed by atoms with E-state index in [2.05, 4.69) is 16.4 Å². The molecule has 2 amide bonds. The maximum absolute atomic E-state index is 12.7. The third-order valence-electron chi connectivity index (χ3n) is 6.34. The molecule has 1 saturated heterocycles. The predicted octanol–water partition coefficient (Wildman–Crippen LogP) is 2.66. The molecule has 0 radical (unpaired) electrons. The van der Waals surface area contributed by atoms with E-state index in [1.807, 2.05) is 48.7 Å². The Labute approximate surface area is 187 Å². The molecule has 4 rings (SSSR count). The molecule has 0 saturated carbocycles. The van der Waals surface area contributed by atoms with Gasteiger partial charge >= 0.3 is 11.8 Å². The maximum atomic E-state index is 12.7. The first-order chi connectivity index (χ1) is 15.6. The molecule has 0 spiro atoms. The quantitative estimate of drug-likeness (QED) is 0.519. The lowest BCUT2D eigenvalue weighted by Crippen LogP contribution is -2.47. The summed E-state index contributed by atoms with van der Waals surface area (Å²) < 4.78 is 5.28. The summed E-state index contributed by atoms with van der Waals surface area (Å²) in [4.78, 5) is 30.2. The van der Waals surface area contributed by atoms with Crippen LogP contribution in [0.4, 0.5) is 0 Å². The smallest absolute Gasteiger partial charge is 0.311 e. The number of carbonyl (C=O) groups excluding carboxylic acids is 2. The number of ether oxygens (including phenoxy) is 1. The van der Waals surface area contributed by atoms with Gasteiger partial charge in [-0.05, 0) is 48.1 Å². The van der Waals surface area contributed by atoms with Gasteiger partial charge in [-0.25, -0.2) is 0 Å². The lowest BCUT2D eigenvalue weighted by molar-refractivity contribution is -0.146. The molecule has 3 N–H and O–H groups in total. The van der Waals surface area contributed by atoms with E-state index in [1.165, 1.54) is 0 Å². The van der Waals surface area contributed by atoms with Crippen molar-refractivity contribution in [1.29, 1.82) is 0 Å². The number of hydrogen-bond acceptors (Lipinski definition) is 4. The van der Waals surface area contributed by atoms with E-state index in [1.54, 1.807) is 12.0 Å². The predicted molar refractivity (Wildman–Crippen MR) is 123 cm³/mol. The van der Waals surface area contributed by atoms with Crippen molar-refractivity contribution in [2.45, 2.75) is 18.8 Å². The Balaban J connectivity index is 1.52. The monoisotopic (exact) mass is 435 g/mol. The molecule has 168 valence electrons. The molecule has 7 heteroatoms. The molecule has 1 atom stereocenters. The Kier molecular flexibility index (Phi) is 6.75. The maximum Gasteiger partial charge on any atom is 0.311 e. The average Bonchev–Trinajstić information content (AvgIpc) is 3.28. The van der Waals surface area contributed by atoms with Crippen LogP contribution >= 0.6 is 0 Å². The Morgan fingerprint density at radius 3 is 2.56 bits per heavy atom. The van der Waals surface area contributed by atoms with Crippen molar-refractivity contribution < 1.29 is 19.4 Å². The Hall–Kier alpha value is -3.32. The molecule has 1 aliphatic heterocycles. The fourth-order valence-corrected chi connectivity index (χ4v) is 4.36. The van der Waals surface area contributed by atoms with Gasteiger partial charge in [0.05, 0.1) is 7.11 Å². The van der Waals surface area contributed by atoms with Crippen molar-refractivity contribution in [2.75, 3.05) is 33.4 Å². The molecule has 3 aromatic rings. The molecule has 2 heterocycles. The van der Waals surface area contributed by atoms with Crippen LogP contribution in [0.5, 0.6) is 5.75 Å².